The van der Waals surface area contributed by atoms with Crippen LogP contribution < -0.4 is 10.6 Å². The SMILES string of the molecule is CC(C)Nc1ccc(NC(C)C)c(S(=O)(=O)OC(C)C)c1. The molecule has 0 radical (unpaired) electrons. The van der Waals surface area contributed by atoms with Crippen LogP contribution in [0.3, 0.4) is 0 Å². The molecule has 2 N–H and O–H groups in total. The van der Waals surface area contributed by atoms with E-state index in [0.29, 0.717) is 5.69 Å². The van der Waals surface area contributed by atoms with Crippen LogP contribution in [0.15, 0.2) is 23.1 Å². The summed E-state index contributed by atoms with van der Waals surface area (Å²) in [6, 6.07) is 5.58. The quantitative estimate of drug-likeness (QED) is 0.755. The molecule has 0 unspecified atom stereocenters. The predicted molar refractivity (Wildman–Crippen MR) is 87.4 cm³/mol. The molecule has 1 rings (SSSR count). The van der Waals surface area contributed by atoms with Gasteiger partial charge in [0.2, 0.25) is 0 Å². The van der Waals surface area contributed by atoms with Crippen molar-refractivity contribution >= 4 is 21.5 Å². The van der Waals surface area contributed by atoms with Gasteiger partial charge in [0, 0.05) is 17.8 Å². The van der Waals surface area contributed by atoms with Gasteiger partial charge in [-0.05, 0) is 59.7 Å². The number of hydrogen-bond donors (Lipinski definition) is 2. The van der Waals surface area contributed by atoms with E-state index in [4.69, 9.17) is 4.18 Å². The first-order valence-electron chi connectivity index (χ1n) is 7.22. The third-order valence-corrected chi connectivity index (χ3v) is 3.98. The molecule has 0 fully saturated rings. The predicted octanol–water partition coefficient (Wildman–Crippen LogP) is 3.44. The number of hydrogen-bond acceptors (Lipinski definition) is 5. The summed E-state index contributed by atoms with van der Waals surface area (Å²) in [5.74, 6) is 0. The van der Waals surface area contributed by atoms with Crippen LogP contribution in [0.1, 0.15) is 41.5 Å². The Labute approximate surface area is 128 Å². The van der Waals surface area contributed by atoms with Crippen molar-refractivity contribution in [1.29, 1.82) is 0 Å². The molecule has 0 aliphatic heterocycles. The molecule has 0 spiro atoms. The molecular weight excluding hydrogens is 288 g/mol. The van der Waals surface area contributed by atoms with Crippen LogP contribution in [0, 0.1) is 0 Å². The number of nitrogens with one attached hydrogen (secondary N) is 2. The fourth-order valence-electron chi connectivity index (χ4n) is 1.89. The van der Waals surface area contributed by atoms with Crippen LogP contribution in [0.25, 0.3) is 0 Å². The molecule has 0 aliphatic carbocycles. The maximum atomic E-state index is 12.4. The van der Waals surface area contributed by atoms with E-state index in [-0.39, 0.29) is 17.0 Å². The van der Waals surface area contributed by atoms with Crippen molar-refractivity contribution in [3.63, 3.8) is 0 Å². The molecule has 0 heterocycles. The van der Waals surface area contributed by atoms with Gasteiger partial charge in [0.05, 0.1) is 11.8 Å². The van der Waals surface area contributed by atoms with Crippen LogP contribution >= 0.6 is 0 Å². The van der Waals surface area contributed by atoms with E-state index < -0.39 is 16.2 Å². The van der Waals surface area contributed by atoms with E-state index in [1.165, 1.54) is 0 Å². The first-order chi connectivity index (χ1) is 9.61. The molecule has 0 atom stereocenters. The standard InChI is InChI=1S/C15H26N2O3S/c1-10(2)16-13-7-8-14(17-11(3)4)15(9-13)21(18,19)20-12(5)6/h7-12,16-17H,1-6H3. The molecule has 0 saturated heterocycles. The zero-order chi connectivity index (χ0) is 16.2. The van der Waals surface area contributed by atoms with Crippen LogP contribution in [-0.2, 0) is 14.3 Å². The molecule has 120 valence electrons. The van der Waals surface area contributed by atoms with E-state index in [0.717, 1.165) is 5.69 Å². The molecule has 0 saturated carbocycles. The molecule has 1 aromatic carbocycles. The van der Waals surface area contributed by atoms with E-state index in [1.54, 1.807) is 26.0 Å². The van der Waals surface area contributed by atoms with E-state index >= 15 is 0 Å². The Hall–Kier alpha value is -1.27. The minimum absolute atomic E-state index is 0.127. The molecule has 0 bridgehead atoms. The second-order valence-corrected chi connectivity index (χ2v) is 7.45. The Morgan fingerprint density at radius 3 is 2.00 bits per heavy atom. The van der Waals surface area contributed by atoms with Crippen LogP contribution in [0.4, 0.5) is 11.4 Å². The Morgan fingerprint density at radius 2 is 1.52 bits per heavy atom. The molecule has 1 aromatic rings. The lowest BCUT2D eigenvalue weighted by Crippen LogP contribution is -2.18. The third-order valence-electron chi connectivity index (χ3n) is 2.47. The normalized spacial score (nSPS) is 12.2. The smallest absolute Gasteiger partial charge is 0.299 e. The van der Waals surface area contributed by atoms with Gasteiger partial charge in [-0.2, -0.15) is 8.42 Å². The zero-order valence-electron chi connectivity index (χ0n) is 13.6. The highest BCUT2D eigenvalue weighted by Crippen LogP contribution is 2.28. The monoisotopic (exact) mass is 314 g/mol. The lowest BCUT2D eigenvalue weighted by atomic mass is 10.2. The second kappa shape index (κ2) is 7.13. The Balaban J connectivity index is 3.28. The van der Waals surface area contributed by atoms with Crippen molar-refractivity contribution in [3.8, 4) is 0 Å². The average molecular weight is 314 g/mol. The van der Waals surface area contributed by atoms with Crippen LogP contribution in [0.2, 0.25) is 0 Å². The molecule has 6 heteroatoms. The van der Waals surface area contributed by atoms with E-state index in [9.17, 15) is 8.42 Å². The lowest BCUT2D eigenvalue weighted by molar-refractivity contribution is 0.249. The highest BCUT2D eigenvalue weighted by molar-refractivity contribution is 7.87. The number of anilines is 2. The van der Waals surface area contributed by atoms with Gasteiger partial charge >= 0.3 is 0 Å². The van der Waals surface area contributed by atoms with Gasteiger partial charge in [0.15, 0.2) is 0 Å². The van der Waals surface area contributed by atoms with Gasteiger partial charge in [-0.25, -0.2) is 0 Å². The fourth-order valence-corrected chi connectivity index (χ4v) is 3.17. The summed E-state index contributed by atoms with van der Waals surface area (Å²) in [5.41, 5.74) is 1.31. The van der Waals surface area contributed by atoms with Crippen molar-refractivity contribution in [2.45, 2.75) is 64.6 Å². The topological polar surface area (TPSA) is 67.4 Å². The number of rotatable bonds is 7. The third kappa shape index (κ3) is 5.55. The maximum absolute atomic E-state index is 12.4. The van der Waals surface area contributed by atoms with E-state index in [1.807, 2.05) is 33.8 Å². The van der Waals surface area contributed by atoms with Crippen LogP contribution in [-0.4, -0.2) is 26.6 Å². The summed E-state index contributed by atoms with van der Waals surface area (Å²) in [6.45, 7) is 11.3. The van der Waals surface area contributed by atoms with Gasteiger partial charge in [0.25, 0.3) is 10.1 Å². The highest BCUT2D eigenvalue weighted by Gasteiger charge is 2.22. The summed E-state index contributed by atoms with van der Waals surface area (Å²) in [6.07, 6.45) is -0.399. The lowest BCUT2D eigenvalue weighted by Gasteiger charge is -2.18. The van der Waals surface area contributed by atoms with Gasteiger partial charge < -0.3 is 10.6 Å². The maximum Gasteiger partial charge on any atom is 0.299 e. The Morgan fingerprint density at radius 1 is 0.952 bits per heavy atom. The number of benzene rings is 1. The van der Waals surface area contributed by atoms with Crippen LogP contribution in [0.5, 0.6) is 0 Å². The van der Waals surface area contributed by atoms with E-state index in [2.05, 4.69) is 10.6 Å². The molecule has 0 amide bonds. The Kier molecular flexibility index (Phi) is 6.04. The first kappa shape index (κ1) is 17.8. The van der Waals surface area contributed by atoms with Crippen molar-refractivity contribution in [2.75, 3.05) is 10.6 Å². The molecule has 5 nitrogen and oxygen atoms in total. The molecule has 0 aliphatic rings. The van der Waals surface area contributed by atoms with Crippen molar-refractivity contribution < 1.29 is 12.6 Å². The van der Waals surface area contributed by atoms with Gasteiger partial charge in [-0.15, -0.1) is 0 Å². The first-order valence-corrected chi connectivity index (χ1v) is 8.63. The molecular formula is C15H26N2O3S. The summed E-state index contributed by atoms with van der Waals surface area (Å²) < 4.78 is 29.9. The minimum atomic E-state index is -3.80. The van der Waals surface area contributed by atoms with Crippen molar-refractivity contribution in [2.24, 2.45) is 0 Å². The van der Waals surface area contributed by atoms with Gasteiger partial charge in [0.1, 0.15) is 4.90 Å². The van der Waals surface area contributed by atoms with Crippen molar-refractivity contribution in [1.82, 2.24) is 0 Å². The largest absolute Gasteiger partial charge is 0.383 e. The molecule has 0 aromatic heterocycles. The van der Waals surface area contributed by atoms with Gasteiger partial charge in [-0.1, -0.05) is 0 Å². The second-order valence-electron chi connectivity index (χ2n) is 5.91. The fraction of sp³-hybridized carbons (Fsp3) is 0.600. The summed E-state index contributed by atoms with van der Waals surface area (Å²) >= 11 is 0. The zero-order valence-corrected chi connectivity index (χ0v) is 14.4. The summed E-state index contributed by atoms with van der Waals surface area (Å²) in [4.78, 5) is 0.163. The minimum Gasteiger partial charge on any atom is -0.383 e. The molecule has 21 heavy (non-hydrogen) atoms. The van der Waals surface area contributed by atoms with Gasteiger partial charge in [-0.3, -0.25) is 4.18 Å². The summed E-state index contributed by atoms with van der Waals surface area (Å²) in [5, 5.41) is 6.35. The highest BCUT2D eigenvalue weighted by atomic mass is 32.2. The Bertz CT molecular complexity index is 566. The average Bonchev–Trinajstić information content (AvgIpc) is 2.27. The summed E-state index contributed by atoms with van der Waals surface area (Å²) in [7, 11) is -3.80. The van der Waals surface area contributed by atoms with Crippen molar-refractivity contribution in [3.05, 3.63) is 18.2 Å².